The van der Waals surface area contributed by atoms with Gasteiger partial charge < -0.3 is 20.3 Å². The number of nitrogens with one attached hydrogen (secondary N) is 2. The Morgan fingerprint density at radius 3 is 2.19 bits per heavy atom. The smallest absolute Gasteiger partial charge is 0.408 e. The van der Waals surface area contributed by atoms with Crippen molar-refractivity contribution in [3.63, 3.8) is 0 Å². The van der Waals surface area contributed by atoms with Crippen LogP contribution in [0.2, 0.25) is 0 Å². The van der Waals surface area contributed by atoms with E-state index in [-0.39, 0.29) is 17.7 Å². The van der Waals surface area contributed by atoms with Crippen molar-refractivity contribution in [2.24, 2.45) is 5.92 Å². The molecule has 1 aromatic rings. The van der Waals surface area contributed by atoms with E-state index in [4.69, 9.17) is 4.74 Å². The molecule has 1 aromatic carbocycles. The number of hydrogen-bond donors (Lipinski definition) is 2. The van der Waals surface area contributed by atoms with Crippen molar-refractivity contribution < 1.29 is 19.1 Å². The van der Waals surface area contributed by atoms with Crippen molar-refractivity contribution in [3.05, 3.63) is 35.4 Å². The Morgan fingerprint density at radius 1 is 0.973 bits per heavy atom. The molecule has 7 nitrogen and oxygen atoms in total. The Balaban J connectivity index is 3.48. The molecule has 2 N–H and O–H groups in total. The number of alkyl carbamates (subject to hydrolysis) is 1. The third-order valence-corrected chi connectivity index (χ3v) is 6.56. The van der Waals surface area contributed by atoms with Gasteiger partial charge in [0, 0.05) is 13.1 Å². The van der Waals surface area contributed by atoms with Gasteiger partial charge in [0.05, 0.1) is 0 Å². The van der Waals surface area contributed by atoms with Crippen LogP contribution in [0.5, 0.6) is 0 Å². The average Bonchev–Trinajstić information content (AvgIpc) is 2.83. The molecule has 0 saturated carbocycles. The molecule has 37 heavy (non-hydrogen) atoms. The summed E-state index contributed by atoms with van der Waals surface area (Å²) < 4.78 is 5.48. The fourth-order valence-electron chi connectivity index (χ4n) is 4.20. The molecule has 3 atom stereocenters. The Kier molecular flexibility index (Phi) is 14.3. The first-order valence-electron chi connectivity index (χ1n) is 14.1. The summed E-state index contributed by atoms with van der Waals surface area (Å²) in [5.74, 6) is -0.582. The normalized spacial score (nSPS) is 13.8. The predicted octanol–water partition coefficient (Wildman–Crippen LogP) is 6.30. The van der Waals surface area contributed by atoms with Gasteiger partial charge in [-0.3, -0.25) is 9.59 Å². The van der Waals surface area contributed by atoms with E-state index in [9.17, 15) is 14.4 Å². The highest BCUT2D eigenvalue weighted by atomic mass is 16.6. The maximum Gasteiger partial charge on any atom is 0.408 e. The fraction of sp³-hybridized carbons (Fsp3) is 0.700. The number of rotatable bonds is 15. The fourth-order valence-corrected chi connectivity index (χ4v) is 4.20. The first-order valence-corrected chi connectivity index (χ1v) is 14.1. The molecule has 210 valence electrons. The second kappa shape index (κ2) is 16.3. The SMILES string of the molecule is CCCCCCN(C(=O)C(NC(=O)OC(C)(C)C)C(C)CC)C(C(=O)NCCCC)c1ccccc1C. The molecule has 1 rings (SSSR count). The number of ether oxygens (including phenoxy) is 1. The Morgan fingerprint density at radius 2 is 1.62 bits per heavy atom. The second-order valence-electron chi connectivity index (χ2n) is 11.0. The van der Waals surface area contributed by atoms with Crippen molar-refractivity contribution >= 4 is 17.9 Å². The molecule has 0 heterocycles. The molecule has 0 aromatic heterocycles. The lowest BCUT2D eigenvalue weighted by molar-refractivity contribution is -0.143. The summed E-state index contributed by atoms with van der Waals surface area (Å²) >= 11 is 0. The first kappa shape index (κ1) is 32.5. The minimum Gasteiger partial charge on any atom is -0.444 e. The highest BCUT2D eigenvalue weighted by Gasteiger charge is 2.38. The van der Waals surface area contributed by atoms with Gasteiger partial charge >= 0.3 is 6.09 Å². The van der Waals surface area contributed by atoms with Crippen molar-refractivity contribution in [3.8, 4) is 0 Å². The van der Waals surface area contributed by atoms with E-state index in [1.54, 1.807) is 25.7 Å². The van der Waals surface area contributed by atoms with Crippen LogP contribution in [-0.4, -0.2) is 47.5 Å². The van der Waals surface area contributed by atoms with Gasteiger partial charge in [0.15, 0.2) is 0 Å². The van der Waals surface area contributed by atoms with Crippen LogP contribution in [0.4, 0.5) is 4.79 Å². The lowest BCUT2D eigenvalue weighted by Crippen LogP contribution is -2.55. The summed E-state index contributed by atoms with van der Waals surface area (Å²) in [5, 5.41) is 5.89. The highest BCUT2D eigenvalue weighted by molar-refractivity contribution is 5.92. The molecular formula is C30H51N3O4. The average molecular weight is 518 g/mol. The van der Waals surface area contributed by atoms with Crippen LogP contribution in [0.3, 0.4) is 0 Å². The van der Waals surface area contributed by atoms with Gasteiger partial charge in [-0.25, -0.2) is 4.79 Å². The quantitative estimate of drug-likeness (QED) is 0.267. The second-order valence-corrected chi connectivity index (χ2v) is 11.0. The standard InChI is InChI=1S/C30H51N3O4/c1-9-12-14-17-21-33(28(35)25(22(4)11-3)32-29(36)37-30(6,7)8)26(27(34)31-20-13-10-2)24-19-16-15-18-23(24)5/h15-16,18-19,22,25-26H,9-14,17,20-21H2,1-8H3,(H,31,34)(H,32,36). The zero-order valence-electron chi connectivity index (χ0n) is 24.5. The lowest BCUT2D eigenvalue weighted by atomic mass is 9.94. The molecule has 0 aliphatic heterocycles. The van der Waals surface area contributed by atoms with E-state index in [0.29, 0.717) is 19.5 Å². The number of carbonyl (C=O) groups is 3. The molecule has 3 amide bonds. The lowest BCUT2D eigenvalue weighted by Gasteiger charge is -2.36. The van der Waals surface area contributed by atoms with Crippen molar-refractivity contribution in [2.45, 2.75) is 118 Å². The van der Waals surface area contributed by atoms with Gasteiger partial charge in [0.25, 0.3) is 0 Å². The zero-order chi connectivity index (χ0) is 28.0. The number of amides is 3. The molecular weight excluding hydrogens is 466 g/mol. The first-order chi connectivity index (χ1) is 17.5. The highest BCUT2D eigenvalue weighted by Crippen LogP contribution is 2.27. The van der Waals surface area contributed by atoms with E-state index in [0.717, 1.165) is 49.7 Å². The third kappa shape index (κ3) is 11.1. The summed E-state index contributed by atoms with van der Waals surface area (Å²) in [7, 11) is 0. The van der Waals surface area contributed by atoms with Gasteiger partial charge in [-0.15, -0.1) is 0 Å². The number of benzene rings is 1. The maximum atomic E-state index is 14.2. The van der Waals surface area contributed by atoms with Gasteiger partial charge in [0.1, 0.15) is 17.7 Å². The predicted molar refractivity (Wildman–Crippen MR) is 150 cm³/mol. The number of nitrogens with zero attached hydrogens (tertiary/aromatic N) is 1. The Bertz CT molecular complexity index is 849. The Hall–Kier alpha value is -2.57. The number of carbonyl (C=O) groups excluding carboxylic acids is 3. The van der Waals surface area contributed by atoms with Crippen LogP contribution in [0.1, 0.15) is 111 Å². The summed E-state index contributed by atoms with van der Waals surface area (Å²) in [6, 6.07) is 6.14. The van der Waals surface area contributed by atoms with Crippen LogP contribution in [0.25, 0.3) is 0 Å². The third-order valence-electron chi connectivity index (χ3n) is 6.56. The Labute approximate surface area is 225 Å². The molecule has 3 unspecified atom stereocenters. The van der Waals surface area contributed by atoms with Gasteiger partial charge in [-0.2, -0.15) is 0 Å². The molecule has 0 radical (unpaired) electrons. The van der Waals surface area contributed by atoms with E-state index < -0.39 is 23.8 Å². The summed E-state index contributed by atoms with van der Waals surface area (Å²) in [4.78, 5) is 42.3. The molecule has 0 aliphatic carbocycles. The monoisotopic (exact) mass is 517 g/mol. The van der Waals surface area contributed by atoms with Gasteiger partial charge in [-0.05, 0) is 57.6 Å². The van der Waals surface area contributed by atoms with Gasteiger partial charge in [-0.1, -0.05) is 84.1 Å². The van der Waals surface area contributed by atoms with Crippen LogP contribution in [0, 0.1) is 12.8 Å². The molecule has 0 bridgehead atoms. The zero-order valence-corrected chi connectivity index (χ0v) is 24.5. The van der Waals surface area contributed by atoms with Crippen LogP contribution >= 0.6 is 0 Å². The van der Waals surface area contributed by atoms with Crippen molar-refractivity contribution in [1.29, 1.82) is 0 Å². The molecule has 0 aliphatic rings. The largest absolute Gasteiger partial charge is 0.444 e. The summed E-state index contributed by atoms with van der Waals surface area (Å²) in [5.41, 5.74) is 1.07. The topological polar surface area (TPSA) is 87.7 Å². The van der Waals surface area contributed by atoms with E-state index in [2.05, 4.69) is 24.5 Å². The number of hydrogen-bond acceptors (Lipinski definition) is 4. The minimum atomic E-state index is -0.805. The summed E-state index contributed by atoms with van der Waals surface area (Å²) in [6.07, 6.45) is 5.77. The number of aryl methyl sites for hydroxylation is 1. The van der Waals surface area contributed by atoms with Crippen molar-refractivity contribution in [1.82, 2.24) is 15.5 Å². The van der Waals surface area contributed by atoms with Crippen molar-refractivity contribution in [2.75, 3.05) is 13.1 Å². The van der Waals surface area contributed by atoms with E-state index in [1.165, 1.54) is 0 Å². The molecule has 0 saturated heterocycles. The minimum absolute atomic E-state index is 0.140. The van der Waals surface area contributed by atoms with Crippen LogP contribution in [-0.2, 0) is 14.3 Å². The van der Waals surface area contributed by atoms with E-state index >= 15 is 0 Å². The van der Waals surface area contributed by atoms with E-state index in [1.807, 2.05) is 45.0 Å². The number of unbranched alkanes of at least 4 members (excludes halogenated alkanes) is 4. The summed E-state index contributed by atoms with van der Waals surface area (Å²) in [6.45, 7) is 16.5. The molecule has 0 fully saturated rings. The molecule has 0 spiro atoms. The van der Waals surface area contributed by atoms with Gasteiger partial charge in [0.2, 0.25) is 11.8 Å². The van der Waals surface area contributed by atoms with Crippen LogP contribution < -0.4 is 10.6 Å². The molecule has 7 heteroatoms. The van der Waals surface area contributed by atoms with Crippen LogP contribution in [0.15, 0.2) is 24.3 Å². The maximum absolute atomic E-state index is 14.2.